The van der Waals surface area contributed by atoms with E-state index in [9.17, 15) is 0 Å². The van der Waals surface area contributed by atoms with E-state index in [0.29, 0.717) is 0 Å². The van der Waals surface area contributed by atoms with Crippen LogP contribution < -0.4 is 0 Å². The highest BCUT2D eigenvalue weighted by Gasteiger charge is 2.17. The summed E-state index contributed by atoms with van der Waals surface area (Å²) in [6.07, 6.45) is 0. The van der Waals surface area contributed by atoms with E-state index in [0.717, 1.165) is 0 Å². The zero-order valence-electron chi connectivity index (χ0n) is 27.3. The van der Waals surface area contributed by atoms with Crippen LogP contribution in [0, 0.1) is 0 Å². The van der Waals surface area contributed by atoms with E-state index < -0.39 is 0 Å². The third kappa shape index (κ3) is 4.00. The SMILES string of the molecule is c1ccc(-c2ccc(-c3cccc(-c4ccc5ccc6cccc7ccc4c5c67)c3)cc2-c2ccc3ccc4cccc5ccc2c3c45)cc1. The number of hydrogen-bond donors (Lipinski definition) is 0. The summed E-state index contributed by atoms with van der Waals surface area (Å²) < 4.78 is 0. The second-order valence-corrected chi connectivity index (χ2v) is 13.6. The van der Waals surface area contributed by atoms with Gasteiger partial charge in [0.1, 0.15) is 0 Å². The first-order chi connectivity index (χ1) is 24.8. The van der Waals surface area contributed by atoms with E-state index in [1.54, 1.807) is 0 Å². The van der Waals surface area contributed by atoms with E-state index >= 15 is 0 Å². The van der Waals surface area contributed by atoms with Gasteiger partial charge in [-0.3, -0.25) is 0 Å². The first-order valence-corrected chi connectivity index (χ1v) is 17.4. The van der Waals surface area contributed by atoms with Gasteiger partial charge in [-0.05, 0) is 121 Å². The molecule has 0 fully saturated rings. The van der Waals surface area contributed by atoms with Crippen molar-refractivity contribution >= 4 is 64.6 Å². The zero-order valence-corrected chi connectivity index (χ0v) is 27.3. The molecule has 11 aromatic carbocycles. The summed E-state index contributed by atoms with van der Waals surface area (Å²) in [5.74, 6) is 0. The van der Waals surface area contributed by atoms with Gasteiger partial charge < -0.3 is 0 Å². The molecule has 0 heterocycles. The molecule has 0 saturated carbocycles. The van der Waals surface area contributed by atoms with Crippen molar-refractivity contribution in [1.82, 2.24) is 0 Å². The molecule has 0 aliphatic heterocycles. The van der Waals surface area contributed by atoms with Gasteiger partial charge in [0.05, 0.1) is 0 Å². The molecule has 0 unspecified atom stereocenters. The van der Waals surface area contributed by atoms with E-state index in [4.69, 9.17) is 0 Å². The lowest BCUT2D eigenvalue weighted by molar-refractivity contribution is 1.57. The van der Waals surface area contributed by atoms with Crippen molar-refractivity contribution in [1.29, 1.82) is 0 Å². The molecule has 230 valence electrons. The Labute approximate surface area is 290 Å². The van der Waals surface area contributed by atoms with Crippen LogP contribution in [0.15, 0.2) is 182 Å². The third-order valence-corrected chi connectivity index (χ3v) is 11.0. The minimum absolute atomic E-state index is 1.21. The molecule has 50 heavy (non-hydrogen) atoms. The molecular weight excluding hydrogens is 601 g/mol. The van der Waals surface area contributed by atoms with Gasteiger partial charge in [-0.2, -0.15) is 0 Å². The topological polar surface area (TPSA) is 0 Å². The van der Waals surface area contributed by atoms with Crippen molar-refractivity contribution in [2.24, 2.45) is 0 Å². The van der Waals surface area contributed by atoms with Gasteiger partial charge in [0.25, 0.3) is 0 Å². The van der Waals surface area contributed by atoms with Crippen molar-refractivity contribution in [2.45, 2.75) is 0 Å². The van der Waals surface area contributed by atoms with Crippen molar-refractivity contribution in [3.63, 3.8) is 0 Å². The van der Waals surface area contributed by atoms with Gasteiger partial charge in [0.2, 0.25) is 0 Å². The fraction of sp³-hybridized carbons (Fsp3) is 0. The Morgan fingerprint density at radius 2 is 0.640 bits per heavy atom. The average Bonchev–Trinajstić information content (AvgIpc) is 3.19. The first-order valence-electron chi connectivity index (χ1n) is 17.4. The summed E-state index contributed by atoms with van der Waals surface area (Å²) in [6, 6.07) is 67.7. The molecule has 0 atom stereocenters. The van der Waals surface area contributed by atoms with Crippen LogP contribution >= 0.6 is 0 Å². The molecule has 0 amide bonds. The predicted molar refractivity (Wildman–Crippen MR) is 216 cm³/mol. The van der Waals surface area contributed by atoms with Crippen LogP contribution in [-0.4, -0.2) is 0 Å². The Morgan fingerprint density at radius 3 is 1.28 bits per heavy atom. The molecular formula is C50H30. The average molecular weight is 631 g/mol. The maximum atomic E-state index is 2.41. The highest BCUT2D eigenvalue weighted by Crippen LogP contribution is 2.44. The molecule has 0 radical (unpaired) electrons. The van der Waals surface area contributed by atoms with Crippen molar-refractivity contribution in [3.8, 4) is 44.5 Å². The minimum atomic E-state index is 1.21. The summed E-state index contributed by atoms with van der Waals surface area (Å²) >= 11 is 0. The summed E-state index contributed by atoms with van der Waals surface area (Å²) in [5, 5.41) is 15.8. The van der Waals surface area contributed by atoms with Gasteiger partial charge in [-0.15, -0.1) is 0 Å². The van der Waals surface area contributed by atoms with E-state index in [2.05, 4.69) is 182 Å². The van der Waals surface area contributed by atoms with Crippen LogP contribution in [0.4, 0.5) is 0 Å². The lowest BCUT2D eigenvalue weighted by atomic mass is 9.85. The third-order valence-electron chi connectivity index (χ3n) is 11.0. The van der Waals surface area contributed by atoms with Crippen LogP contribution in [0.25, 0.3) is 109 Å². The molecule has 0 heteroatoms. The van der Waals surface area contributed by atoms with Crippen LogP contribution in [0.2, 0.25) is 0 Å². The van der Waals surface area contributed by atoms with Gasteiger partial charge in [0.15, 0.2) is 0 Å². The van der Waals surface area contributed by atoms with Gasteiger partial charge >= 0.3 is 0 Å². The number of benzene rings is 11. The first kappa shape index (κ1) is 27.5. The second-order valence-electron chi connectivity index (χ2n) is 13.6. The second kappa shape index (κ2) is 10.5. The van der Waals surface area contributed by atoms with E-state index in [1.807, 2.05) is 0 Å². The molecule has 11 aromatic rings. The van der Waals surface area contributed by atoms with Crippen molar-refractivity contribution < 1.29 is 0 Å². The van der Waals surface area contributed by atoms with Crippen LogP contribution in [-0.2, 0) is 0 Å². The maximum absolute atomic E-state index is 2.41. The lowest BCUT2D eigenvalue weighted by Gasteiger charge is -2.18. The predicted octanol–water partition coefficient (Wildman–Crippen LogP) is 14.1. The molecule has 0 aromatic heterocycles. The fourth-order valence-electron chi connectivity index (χ4n) is 8.64. The minimum Gasteiger partial charge on any atom is -0.0622 e. The molecule has 0 bridgehead atoms. The Hall–Kier alpha value is -6.50. The zero-order chi connectivity index (χ0) is 32.8. The Kier molecular flexibility index (Phi) is 5.76. The maximum Gasteiger partial charge on any atom is -0.00206 e. The summed E-state index contributed by atoms with van der Waals surface area (Å²) in [7, 11) is 0. The molecule has 0 N–H and O–H groups in total. The smallest absolute Gasteiger partial charge is 0.00206 e. The quantitative estimate of drug-likeness (QED) is 0.170. The largest absolute Gasteiger partial charge is 0.0622 e. The Balaban J connectivity index is 1.12. The highest BCUT2D eigenvalue weighted by molar-refractivity contribution is 6.27. The monoisotopic (exact) mass is 630 g/mol. The van der Waals surface area contributed by atoms with Gasteiger partial charge in [-0.25, -0.2) is 0 Å². The summed E-state index contributed by atoms with van der Waals surface area (Å²) in [4.78, 5) is 0. The normalized spacial score (nSPS) is 12.0. The molecule has 0 aliphatic rings. The van der Waals surface area contributed by atoms with Crippen LogP contribution in [0.1, 0.15) is 0 Å². The van der Waals surface area contributed by atoms with Gasteiger partial charge in [0, 0.05) is 0 Å². The fourth-order valence-corrected chi connectivity index (χ4v) is 8.64. The number of hydrogen-bond acceptors (Lipinski definition) is 0. The van der Waals surface area contributed by atoms with Crippen molar-refractivity contribution in [2.75, 3.05) is 0 Å². The van der Waals surface area contributed by atoms with E-state index in [1.165, 1.54) is 109 Å². The Bertz CT molecular complexity index is 3040. The summed E-state index contributed by atoms with van der Waals surface area (Å²) in [5.41, 5.74) is 9.91. The van der Waals surface area contributed by atoms with Crippen molar-refractivity contribution in [3.05, 3.63) is 182 Å². The van der Waals surface area contributed by atoms with Gasteiger partial charge in [-0.1, -0.05) is 170 Å². The molecule has 0 nitrogen and oxygen atoms in total. The Morgan fingerprint density at radius 1 is 0.200 bits per heavy atom. The lowest BCUT2D eigenvalue weighted by Crippen LogP contribution is -1.91. The van der Waals surface area contributed by atoms with Crippen LogP contribution in [0.5, 0.6) is 0 Å². The molecule has 0 spiro atoms. The highest BCUT2D eigenvalue weighted by atomic mass is 14.2. The van der Waals surface area contributed by atoms with Crippen LogP contribution in [0.3, 0.4) is 0 Å². The number of rotatable bonds is 4. The molecule has 0 aliphatic carbocycles. The molecule has 0 saturated heterocycles. The molecule has 11 rings (SSSR count). The standard InChI is InChI=1S/C50H30/c1-2-7-31(8-3-1)41-25-23-39(30-46(41)43-26-20-37-18-16-33-10-5-12-35-22-28-45(43)50(37)48(33)35)38-13-6-14-40(29-38)42-24-19-36-17-15-32-9-4-11-34-21-27-44(42)49(36)47(32)34/h1-30H. The summed E-state index contributed by atoms with van der Waals surface area (Å²) in [6.45, 7) is 0. The van der Waals surface area contributed by atoms with E-state index in [-0.39, 0.29) is 0 Å².